The summed E-state index contributed by atoms with van der Waals surface area (Å²) in [5.41, 5.74) is 0.979. The molecule has 1 aromatic carbocycles. The van der Waals surface area contributed by atoms with E-state index in [0.717, 1.165) is 5.56 Å². The van der Waals surface area contributed by atoms with Crippen LogP contribution in [-0.2, 0) is 13.1 Å². The van der Waals surface area contributed by atoms with E-state index < -0.39 is 0 Å². The SMILES string of the molecule is Cc1cn(CCCCl)c(=O)n(Cc2ccccc2)c1=O. The molecule has 0 aliphatic carbocycles. The molecule has 0 saturated heterocycles. The van der Waals surface area contributed by atoms with Crippen LogP contribution in [0, 0.1) is 6.92 Å². The van der Waals surface area contributed by atoms with Gasteiger partial charge in [0.2, 0.25) is 0 Å². The fraction of sp³-hybridized carbons (Fsp3) is 0.333. The van der Waals surface area contributed by atoms with E-state index in [0.29, 0.717) is 31.0 Å². The molecule has 106 valence electrons. The quantitative estimate of drug-likeness (QED) is 0.791. The molecule has 0 fully saturated rings. The van der Waals surface area contributed by atoms with Crippen molar-refractivity contribution >= 4 is 11.6 Å². The van der Waals surface area contributed by atoms with Crippen LogP contribution in [0.5, 0.6) is 0 Å². The summed E-state index contributed by atoms with van der Waals surface area (Å²) in [6, 6.07) is 9.49. The van der Waals surface area contributed by atoms with E-state index in [9.17, 15) is 9.59 Å². The predicted octanol–water partition coefficient (Wildman–Crippen LogP) is 2.00. The third-order valence-electron chi connectivity index (χ3n) is 3.12. The summed E-state index contributed by atoms with van der Waals surface area (Å²) in [7, 11) is 0. The topological polar surface area (TPSA) is 44.0 Å². The van der Waals surface area contributed by atoms with Crippen LogP contribution in [0.25, 0.3) is 0 Å². The molecule has 0 bridgehead atoms. The Hall–Kier alpha value is -1.81. The third kappa shape index (κ3) is 3.20. The van der Waals surface area contributed by atoms with Gasteiger partial charge in [0.1, 0.15) is 0 Å². The fourth-order valence-corrected chi connectivity index (χ4v) is 2.21. The van der Waals surface area contributed by atoms with Gasteiger partial charge in [-0.15, -0.1) is 11.6 Å². The average molecular weight is 293 g/mol. The largest absolute Gasteiger partial charge is 0.331 e. The van der Waals surface area contributed by atoms with Gasteiger partial charge in [-0.25, -0.2) is 4.79 Å². The molecule has 1 aromatic heterocycles. The Bertz CT molecular complexity index is 689. The van der Waals surface area contributed by atoms with Gasteiger partial charge < -0.3 is 4.57 Å². The zero-order valence-corrected chi connectivity index (χ0v) is 12.1. The van der Waals surface area contributed by atoms with E-state index in [1.807, 2.05) is 30.3 Å². The Balaban J connectivity index is 2.44. The number of hydrogen-bond acceptors (Lipinski definition) is 2. The van der Waals surface area contributed by atoms with Crippen molar-refractivity contribution in [3.8, 4) is 0 Å². The molecule has 0 spiro atoms. The lowest BCUT2D eigenvalue weighted by molar-refractivity contribution is 0.567. The van der Waals surface area contributed by atoms with Crippen molar-refractivity contribution in [2.24, 2.45) is 0 Å². The Morgan fingerprint density at radius 3 is 2.50 bits per heavy atom. The Labute approximate surface area is 122 Å². The van der Waals surface area contributed by atoms with Crippen LogP contribution in [0.15, 0.2) is 46.1 Å². The zero-order valence-electron chi connectivity index (χ0n) is 11.4. The Kier molecular flexibility index (Phi) is 4.79. The van der Waals surface area contributed by atoms with Crippen molar-refractivity contribution in [1.29, 1.82) is 0 Å². The number of alkyl halides is 1. The minimum absolute atomic E-state index is 0.235. The maximum atomic E-state index is 12.3. The average Bonchev–Trinajstić information content (AvgIpc) is 2.47. The smallest absolute Gasteiger partial charge is 0.300 e. The molecule has 0 atom stereocenters. The predicted molar refractivity (Wildman–Crippen MR) is 80.6 cm³/mol. The zero-order chi connectivity index (χ0) is 14.5. The number of benzene rings is 1. The van der Waals surface area contributed by atoms with Crippen molar-refractivity contribution in [1.82, 2.24) is 9.13 Å². The van der Waals surface area contributed by atoms with Crippen molar-refractivity contribution in [2.75, 3.05) is 5.88 Å². The van der Waals surface area contributed by atoms with Gasteiger partial charge in [-0.1, -0.05) is 30.3 Å². The third-order valence-corrected chi connectivity index (χ3v) is 3.39. The van der Waals surface area contributed by atoms with Gasteiger partial charge in [-0.05, 0) is 18.9 Å². The van der Waals surface area contributed by atoms with Gasteiger partial charge in [0.05, 0.1) is 6.54 Å². The molecular weight excluding hydrogens is 276 g/mol. The summed E-state index contributed by atoms with van der Waals surface area (Å²) >= 11 is 5.66. The molecule has 0 unspecified atom stereocenters. The number of aromatic nitrogens is 2. The molecule has 1 heterocycles. The molecule has 0 amide bonds. The van der Waals surface area contributed by atoms with Gasteiger partial charge in [-0.3, -0.25) is 9.36 Å². The molecule has 20 heavy (non-hydrogen) atoms. The molecule has 0 radical (unpaired) electrons. The molecule has 0 N–H and O–H groups in total. The van der Waals surface area contributed by atoms with Crippen molar-refractivity contribution in [3.05, 3.63) is 68.5 Å². The van der Waals surface area contributed by atoms with E-state index in [4.69, 9.17) is 11.6 Å². The van der Waals surface area contributed by atoms with E-state index in [-0.39, 0.29) is 11.2 Å². The summed E-state index contributed by atoms with van der Waals surface area (Å²) < 4.78 is 2.83. The van der Waals surface area contributed by atoms with Crippen LogP contribution in [-0.4, -0.2) is 15.0 Å². The lowest BCUT2D eigenvalue weighted by Gasteiger charge is -2.11. The van der Waals surface area contributed by atoms with Gasteiger partial charge in [-0.2, -0.15) is 0 Å². The molecule has 2 rings (SSSR count). The Morgan fingerprint density at radius 2 is 1.85 bits per heavy atom. The maximum Gasteiger partial charge on any atom is 0.331 e. The summed E-state index contributed by atoms with van der Waals surface area (Å²) in [5.74, 6) is 0.489. The van der Waals surface area contributed by atoms with Crippen LogP contribution in [0.1, 0.15) is 17.5 Å². The highest BCUT2D eigenvalue weighted by atomic mass is 35.5. The first-order valence-electron chi connectivity index (χ1n) is 6.54. The van der Waals surface area contributed by atoms with E-state index >= 15 is 0 Å². The summed E-state index contributed by atoms with van der Waals surface area (Å²) in [6.07, 6.45) is 2.31. The summed E-state index contributed by atoms with van der Waals surface area (Å²) in [5, 5.41) is 0. The van der Waals surface area contributed by atoms with Gasteiger partial charge in [0.15, 0.2) is 0 Å². The van der Waals surface area contributed by atoms with Crippen LogP contribution in [0.4, 0.5) is 0 Å². The highest BCUT2D eigenvalue weighted by Gasteiger charge is 2.09. The molecule has 5 heteroatoms. The number of aryl methyl sites for hydroxylation is 2. The van der Waals surface area contributed by atoms with Crippen molar-refractivity contribution in [2.45, 2.75) is 26.4 Å². The highest BCUT2D eigenvalue weighted by molar-refractivity contribution is 6.17. The van der Waals surface area contributed by atoms with E-state index in [1.54, 1.807) is 17.7 Å². The van der Waals surface area contributed by atoms with Crippen LogP contribution in [0.2, 0.25) is 0 Å². The minimum atomic E-state index is -0.283. The number of hydrogen-bond donors (Lipinski definition) is 0. The maximum absolute atomic E-state index is 12.3. The second kappa shape index (κ2) is 6.57. The standard InChI is InChI=1S/C15H17ClN2O2/c1-12-10-17(9-5-8-16)15(20)18(14(12)19)11-13-6-3-2-4-7-13/h2-4,6-7,10H,5,8-9,11H2,1H3. The fourth-order valence-electron chi connectivity index (χ4n) is 2.09. The lowest BCUT2D eigenvalue weighted by atomic mass is 10.2. The second-order valence-corrected chi connectivity index (χ2v) is 5.09. The van der Waals surface area contributed by atoms with E-state index in [2.05, 4.69) is 0 Å². The molecule has 0 saturated carbocycles. The normalized spacial score (nSPS) is 10.7. The van der Waals surface area contributed by atoms with E-state index in [1.165, 1.54) is 4.57 Å². The second-order valence-electron chi connectivity index (χ2n) is 4.71. The van der Waals surface area contributed by atoms with Crippen LogP contribution < -0.4 is 11.2 Å². The van der Waals surface area contributed by atoms with Gasteiger partial charge >= 0.3 is 5.69 Å². The molecule has 0 aliphatic rings. The molecular formula is C15H17ClN2O2. The molecule has 4 nitrogen and oxygen atoms in total. The first-order chi connectivity index (χ1) is 9.63. The first-order valence-corrected chi connectivity index (χ1v) is 7.07. The summed E-state index contributed by atoms with van der Waals surface area (Å²) in [6.45, 7) is 2.54. The first kappa shape index (κ1) is 14.6. The summed E-state index contributed by atoms with van der Waals surface area (Å²) in [4.78, 5) is 24.5. The monoisotopic (exact) mass is 292 g/mol. The number of nitrogens with zero attached hydrogens (tertiary/aromatic N) is 2. The molecule has 0 aliphatic heterocycles. The number of rotatable bonds is 5. The minimum Gasteiger partial charge on any atom is -0.300 e. The van der Waals surface area contributed by atoms with Gasteiger partial charge in [0, 0.05) is 24.2 Å². The Morgan fingerprint density at radius 1 is 1.15 bits per heavy atom. The van der Waals surface area contributed by atoms with Crippen molar-refractivity contribution in [3.63, 3.8) is 0 Å². The number of halogens is 1. The lowest BCUT2D eigenvalue weighted by Crippen LogP contribution is -2.41. The van der Waals surface area contributed by atoms with Crippen LogP contribution >= 0.6 is 11.6 Å². The highest BCUT2D eigenvalue weighted by Crippen LogP contribution is 2.00. The van der Waals surface area contributed by atoms with Crippen molar-refractivity contribution < 1.29 is 0 Å². The van der Waals surface area contributed by atoms with Crippen LogP contribution in [0.3, 0.4) is 0 Å². The molecule has 2 aromatic rings. The van der Waals surface area contributed by atoms with Gasteiger partial charge in [0.25, 0.3) is 5.56 Å².